The molecule has 2 N–H and O–H groups in total. The van der Waals surface area contributed by atoms with Crippen molar-refractivity contribution in [2.45, 2.75) is 25.8 Å². The Morgan fingerprint density at radius 1 is 1.50 bits per heavy atom. The molecule has 0 bridgehead atoms. The van der Waals surface area contributed by atoms with Crippen LogP contribution in [0.15, 0.2) is 16.6 Å². The van der Waals surface area contributed by atoms with E-state index in [0.717, 1.165) is 12.1 Å². The largest absolute Gasteiger partial charge is 0.380 e. The van der Waals surface area contributed by atoms with E-state index in [1.165, 1.54) is 6.07 Å². The van der Waals surface area contributed by atoms with E-state index in [-0.39, 0.29) is 17.8 Å². The summed E-state index contributed by atoms with van der Waals surface area (Å²) in [7, 11) is 0. The summed E-state index contributed by atoms with van der Waals surface area (Å²) in [5, 5.41) is 5.92. The molecular formula is C11H12BrFN2O. The van der Waals surface area contributed by atoms with Crippen molar-refractivity contribution in [3.8, 4) is 0 Å². The topological polar surface area (TPSA) is 41.1 Å². The third-order valence-corrected chi connectivity index (χ3v) is 3.23. The van der Waals surface area contributed by atoms with E-state index in [2.05, 4.69) is 26.6 Å². The summed E-state index contributed by atoms with van der Waals surface area (Å²) in [6.07, 6.45) is 1.26. The molecule has 16 heavy (non-hydrogen) atoms. The maximum Gasteiger partial charge on any atom is 0.226 e. The van der Waals surface area contributed by atoms with Gasteiger partial charge in [0.05, 0.1) is 15.8 Å². The van der Waals surface area contributed by atoms with Crippen LogP contribution in [0.5, 0.6) is 0 Å². The van der Waals surface area contributed by atoms with Crippen LogP contribution in [0.25, 0.3) is 0 Å². The second kappa shape index (κ2) is 4.41. The Hall–Kier alpha value is -1.10. The standard InChI is InChI=1S/C11H12BrFN2O/c1-2-6-3-11(16)15-10-5-8(13)7(12)4-9(10)14-6/h4-6,14H,2-3H2,1H3,(H,15,16). The molecule has 1 aliphatic heterocycles. The van der Waals surface area contributed by atoms with Crippen LogP contribution in [0.4, 0.5) is 15.8 Å². The first-order valence-electron chi connectivity index (χ1n) is 5.15. The van der Waals surface area contributed by atoms with Crippen LogP contribution in [0, 0.1) is 5.82 Å². The average Bonchev–Trinajstić information content (AvgIpc) is 2.37. The van der Waals surface area contributed by atoms with Crippen molar-refractivity contribution in [1.29, 1.82) is 0 Å². The molecule has 0 spiro atoms. The normalized spacial score (nSPS) is 19.4. The molecule has 0 saturated carbocycles. The Balaban J connectivity index is 2.42. The van der Waals surface area contributed by atoms with Gasteiger partial charge in [0.15, 0.2) is 0 Å². The second-order valence-electron chi connectivity index (χ2n) is 3.81. The van der Waals surface area contributed by atoms with Gasteiger partial charge in [-0.3, -0.25) is 4.79 Å². The van der Waals surface area contributed by atoms with Crippen molar-refractivity contribution in [3.63, 3.8) is 0 Å². The fourth-order valence-corrected chi connectivity index (χ4v) is 2.06. The minimum atomic E-state index is -0.379. The zero-order chi connectivity index (χ0) is 11.7. The smallest absolute Gasteiger partial charge is 0.226 e. The monoisotopic (exact) mass is 286 g/mol. The quantitative estimate of drug-likeness (QED) is 0.833. The van der Waals surface area contributed by atoms with Crippen LogP contribution >= 0.6 is 15.9 Å². The number of hydrogen-bond acceptors (Lipinski definition) is 2. The van der Waals surface area contributed by atoms with Gasteiger partial charge in [0.1, 0.15) is 5.82 Å². The van der Waals surface area contributed by atoms with Gasteiger partial charge < -0.3 is 10.6 Å². The predicted octanol–water partition coefficient (Wildman–Crippen LogP) is 3.12. The Morgan fingerprint density at radius 2 is 2.25 bits per heavy atom. The van der Waals surface area contributed by atoms with Crippen molar-refractivity contribution in [2.24, 2.45) is 0 Å². The fourth-order valence-electron chi connectivity index (χ4n) is 1.71. The third kappa shape index (κ3) is 2.19. The van der Waals surface area contributed by atoms with Crippen LogP contribution in [-0.2, 0) is 4.79 Å². The summed E-state index contributed by atoms with van der Waals surface area (Å²) < 4.78 is 13.7. The van der Waals surface area contributed by atoms with E-state index in [1.807, 2.05) is 6.92 Å². The van der Waals surface area contributed by atoms with E-state index in [1.54, 1.807) is 6.07 Å². The Kier molecular flexibility index (Phi) is 3.14. The van der Waals surface area contributed by atoms with Crippen LogP contribution in [0.2, 0.25) is 0 Å². The molecule has 1 heterocycles. The number of halogens is 2. The summed E-state index contributed by atoms with van der Waals surface area (Å²) >= 11 is 3.13. The maximum absolute atomic E-state index is 13.3. The van der Waals surface area contributed by atoms with Gasteiger partial charge >= 0.3 is 0 Å². The van der Waals surface area contributed by atoms with Gasteiger partial charge in [-0.2, -0.15) is 0 Å². The first kappa shape index (κ1) is 11.4. The summed E-state index contributed by atoms with van der Waals surface area (Å²) in [4.78, 5) is 11.5. The summed E-state index contributed by atoms with van der Waals surface area (Å²) in [6, 6.07) is 3.07. The second-order valence-corrected chi connectivity index (χ2v) is 4.67. The van der Waals surface area contributed by atoms with E-state index in [0.29, 0.717) is 16.6 Å². The van der Waals surface area contributed by atoms with Crippen molar-refractivity contribution in [1.82, 2.24) is 0 Å². The highest BCUT2D eigenvalue weighted by atomic mass is 79.9. The van der Waals surface area contributed by atoms with Gasteiger partial charge in [-0.25, -0.2) is 4.39 Å². The van der Waals surface area contributed by atoms with Gasteiger partial charge in [0.25, 0.3) is 0 Å². The van der Waals surface area contributed by atoms with Gasteiger partial charge in [-0.05, 0) is 28.4 Å². The lowest BCUT2D eigenvalue weighted by molar-refractivity contribution is -0.116. The van der Waals surface area contributed by atoms with Crippen LogP contribution in [-0.4, -0.2) is 11.9 Å². The van der Waals surface area contributed by atoms with Crippen molar-refractivity contribution in [2.75, 3.05) is 10.6 Å². The molecule has 1 aromatic rings. The molecule has 86 valence electrons. The molecule has 0 saturated heterocycles. The number of benzene rings is 1. The molecule has 0 aromatic heterocycles. The lowest BCUT2D eigenvalue weighted by atomic mass is 10.1. The minimum absolute atomic E-state index is 0.0835. The van der Waals surface area contributed by atoms with E-state index < -0.39 is 0 Å². The molecule has 2 rings (SSSR count). The number of carbonyl (C=O) groups excluding carboxylic acids is 1. The highest BCUT2D eigenvalue weighted by Gasteiger charge is 2.20. The zero-order valence-corrected chi connectivity index (χ0v) is 10.4. The first-order valence-corrected chi connectivity index (χ1v) is 5.95. The number of fused-ring (bicyclic) bond motifs is 1. The summed E-state index contributed by atoms with van der Waals surface area (Å²) in [6.45, 7) is 2.01. The zero-order valence-electron chi connectivity index (χ0n) is 8.81. The number of rotatable bonds is 1. The van der Waals surface area contributed by atoms with Crippen molar-refractivity contribution >= 4 is 33.2 Å². The van der Waals surface area contributed by atoms with Gasteiger partial charge in [0, 0.05) is 18.5 Å². The molecule has 1 unspecified atom stereocenters. The Morgan fingerprint density at radius 3 is 2.94 bits per heavy atom. The number of nitrogens with one attached hydrogen (secondary N) is 2. The van der Waals surface area contributed by atoms with E-state index in [4.69, 9.17) is 0 Å². The van der Waals surface area contributed by atoms with Crippen LogP contribution < -0.4 is 10.6 Å². The molecule has 1 atom stereocenters. The van der Waals surface area contributed by atoms with Crippen molar-refractivity contribution < 1.29 is 9.18 Å². The Labute approximate surface area is 102 Å². The van der Waals surface area contributed by atoms with E-state index in [9.17, 15) is 9.18 Å². The summed E-state index contributed by atoms with van der Waals surface area (Å²) in [5.74, 6) is -0.462. The van der Waals surface area contributed by atoms with Gasteiger partial charge in [-0.15, -0.1) is 0 Å². The molecule has 0 aliphatic carbocycles. The maximum atomic E-state index is 13.3. The Bertz CT molecular complexity index is 436. The predicted molar refractivity (Wildman–Crippen MR) is 65.0 cm³/mol. The fraction of sp³-hybridized carbons (Fsp3) is 0.364. The lowest BCUT2D eigenvalue weighted by Crippen LogP contribution is -2.21. The summed E-state index contributed by atoms with van der Waals surface area (Å²) in [5.41, 5.74) is 1.26. The number of hydrogen-bond donors (Lipinski definition) is 2. The van der Waals surface area contributed by atoms with Gasteiger partial charge in [0.2, 0.25) is 5.91 Å². The average molecular weight is 287 g/mol. The molecule has 5 heteroatoms. The molecule has 1 aliphatic rings. The highest BCUT2D eigenvalue weighted by Crippen LogP contribution is 2.31. The number of anilines is 2. The molecule has 1 aromatic carbocycles. The molecular weight excluding hydrogens is 275 g/mol. The molecule has 0 fully saturated rings. The molecule has 3 nitrogen and oxygen atoms in total. The highest BCUT2D eigenvalue weighted by molar-refractivity contribution is 9.10. The molecule has 0 radical (unpaired) electrons. The van der Waals surface area contributed by atoms with Crippen LogP contribution in [0.1, 0.15) is 19.8 Å². The minimum Gasteiger partial charge on any atom is -0.380 e. The lowest BCUT2D eigenvalue weighted by Gasteiger charge is -2.14. The number of amides is 1. The van der Waals surface area contributed by atoms with Crippen LogP contribution in [0.3, 0.4) is 0 Å². The SMILES string of the molecule is CCC1CC(=O)Nc2cc(F)c(Br)cc2N1. The van der Waals surface area contributed by atoms with Crippen molar-refractivity contribution in [3.05, 3.63) is 22.4 Å². The van der Waals surface area contributed by atoms with E-state index >= 15 is 0 Å². The number of carbonyl (C=O) groups is 1. The third-order valence-electron chi connectivity index (χ3n) is 2.62. The van der Waals surface area contributed by atoms with Gasteiger partial charge in [-0.1, -0.05) is 6.92 Å². The molecule has 1 amide bonds. The first-order chi connectivity index (χ1) is 7.60.